The van der Waals surface area contributed by atoms with E-state index in [0.717, 1.165) is 52.0 Å². The molecule has 9 heteroatoms. The van der Waals surface area contributed by atoms with Crippen molar-refractivity contribution in [3.8, 4) is 5.75 Å². The number of aryl methyl sites for hydroxylation is 1. The maximum Gasteiger partial charge on any atom is 0.223 e. The molecule has 190 valence electrons. The fourth-order valence-electron chi connectivity index (χ4n) is 4.87. The molecule has 0 unspecified atom stereocenters. The molecule has 1 aromatic carbocycles. The maximum absolute atomic E-state index is 13.3. The zero-order valence-corrected chi connectivity index (χ0v) is 21.3. The molecule has 2 aliphatic rings. The highest BCUT2D eigenvalue weighted by Gasteiger charge is 2.40. The molecule has 0 atom stereocenters. The average Bonchev–Trinajstić information content (AvgIpc) is 3.37. The van der Waals surface area contributed by atoms with Crippen LogP contribution in [0.2, 0.25) is 5.02 Å². The van der Waals surface area contributed by atoms with E-state index in [1.807, 2.05) is 44.9 Å². The Kier molecular flexibility index (Phi) is 8.68. The number of carbonyl (C=O) groups excluding carboxylic acids is 2. The van der Waals surface area contributed by atoms with E-state index >= 15 is 0 Å². The summed E-state index contributed by atoms with van der Waals surface area (Å²) in [7, 11) is 2.09. The van der Waals surface area contributed by atoms with Gasteiger partial charge >= 0.3 is 0 Å². The third kappa shape index (κ3) is 7.21. The molecular weight excluding hydrogens is 466 g/mol. The summed E-state index contributed by atoms with van der Waals surface area (Å²) in [6.07, 6.45) is 6.88. The summed E-state index contributed by atoms with van der Waals surface area (Å²) in [5.41, 5.74) is -0.297. The number of hydrogen-bond donors (Lipinski definition) is 0. The van der Waals surface area contributed by atoms with E-state index in [0.29, 0.717) is 43.3 Å². The van der Waals surface area contributed by atoms with E-state index in [9.17, 15) is 9.59 Å². The number of rotatable bonds is 9. The van der Waals surface area contributed by atoms with Gasteiger partial charge in [-0.25, -0.2) is 0 Å². The van der Waals surface area contributed by atoms with Crippen molar-refractivity contribution in [3.05, 3.63) is 47.7 Å². The van der Waals surface area contributed by atoms with Crippen LogP contribution in [0.15, 0.2) is 42.7 Å². The molecule has 2 fully saturated rings. The number of hydrogen-bond acceptors (Lipinski definition) is 5. The second kappa shape index (κ2) is 11.9. The van der Waals surface area contributed by atoms with Crippen molar-refractivity contribution in [2.45, 2.75) is 38.6 Å². The largest absolute Gasteiger partial charge is 0.493 e. The highest BCUT2D eigenvalue weighted by Crippen LogP contribution is 2.37. The van der Waals surface area contributed by atoms with Crippen LogP contribution >= 0.6 is 11.6 Å². The minimum absolute atomic E-state index is 0.173. The Labute approximate surface area is 212 Å². The number of benzene rings is 1. The summed E-state index contributed by atoms with van der Waals surface area (Å²) in [4.78, 5) is 32.3. The lowest BCUT2D eigenvalue weighted by Gasteiger charge is -2.43. The predicted octanol–water partition coefficient (Wildman–Crippen LogP) is 3.17. The molecule has 2 saturated heterocycles. The van der Waals surface area contributed by atoms with Gasteiger partial charge in [0.2, 0.25) is 11.8 Å². The van der Waals surface area contributed by atoms with Crippen molar-refractivity contribution in [2.75, 3.05) is 52.9 Å². The summed E-state index contributed by atoms with van der Waals surface area (Å²) in [5.74, 6) is 1.07. The lowest BCUT2D eigenvalue weighted by atomic mass is 9.75. The number of likely N-dealkylation sites (tertiary alicyclic amines) is 1. The maximum atomic E-state index is 13.3. The Balaban J connectivity index is 1.35. The summed E-state index contributed by atoms with van der Waals surface area (Å²) in [6.45, 7) is 5.81. The second-order valence-corrected chi connectivity index (χ2v) is 10.3. The van der Waals surface area contributed by atoms with Crippen molar-refractivity contribution in [3.63, 3.8) is 0 Å². The summed E-state index contributed by atoms with van der Waals surface area (Å²) in [6, 6.07) is 9.26. The van der Waals surface area contributed by atoms with Crippen molar-refractivity contribution in [2.24, 2.45) is 5.41 Å². The SMILES string of the molecule is CN1CCN(C(=O)CC2(COc3cccc(Cl)c3)CCN(C(=O)CCCn3cccn3)CC2)CC1. The highest BCUT2D eigenvalue weighted by molar-refractivity contribution is 6.30. The monoisotopic (exact) mass is 501 g/mol. The molecule has 2 aliphatic heterocycles. The van der Waals surface area contributed by atoms with Gasteiger partial charge in [-0.1, -0.05) is 17.7 Å². The third-order valence-electron chi connectivity index (χ3n) is 7.24. The van der Waals surface area contributed by atoms with E-state index in [1.165, 1.54) is 0 Å². The molecule has 0 spiro atoms. The molecule has 0 N–H and O–H groups in total. The fraction of sp³-hybridized carbons (Fsp3) is 0.577. The first-order valence-electron chi connectivity index (χ1n) is 12.5. The molecule has 4 rings (SSSR count). The second-order valence-electron chi connectivity index (χ2n) is 9.86. The van der Waals surface area contributed by atoms with Gasteiger partial charge in [0.1, 0.15) is 5.75 Å². The number of piperidine rings is 1. The van der Waals surface area contributed by atoms with Crippen LogP contribution in [-0.2, 0) is 16.1 Å². The first-order chi connectivity index (χ1) is 16.9. The molecule has 3 heterocycles. The van der Waals surface area contributed by atoms with Crippen LogP contribution in [-0.4, -0.2) is 89.2 Å². The molecule has 1 aromatic heterocycles. The topological polar surface area (TPSA) is 70.9 Å². The highest BCUT2D eigenvalue weighted by atomic mass is 35.5. The van der Waals surface area contributed by atoms with E-state index in [1.54, 1.807) is 12.3 Å². The van der Waals surface area contributed by atoms with Crippen molar-refractivity contribution < 1.29 is 14.3 Å². The summed E-state index contributed by atoms with van der Waals surface area (Å²) < 4.78 is 8.01. The van der Waals surface area contributed by atoms with Crippen LogP contribution < -0.4 is 4.74 Å². The minimum Gasteiger partial charge on any atom is -0.493 e. The number of amides is 2. The fourth-order valence-corrected chi connectivity index (χ4v) is 5.05. The number of likely N-dealkylation sites (N-methyl/N-ethyl adjacent to an activating group) is 1. The number of nitrogens with zero attached hydrogens (tertiary/aromatic N) is 5. The lowest BCUT2D eigenvalue weighted by Crippen LogP contribution is -2.51. The van der Waals surface area contributed by atoms with Gasteiger partial charge in [-0.05, 0) is 50.6 Å². The molecule has 0 bridgehead atoms. The molecule has 8 nitrogen and oxygen atoms in total. The van der Waals surface area contributed by atoms with Crippen LogP contribution in [0.4, 0.5) is 0 Å². The third-order valence-corrected chi connectivity index (χ3v) is 7.47. The molecule has 35 heavy (non-hydrogen) atoms. The van der Waals surface area contributed by atoms with Crippen LogP contribution in [0.5, 0.6) is 5.75 Å². The van der Waals surface area contributed by atoms with Gasteiger partial charge in [0.25, 0.3) is 0 Å². The Morgan fingerprint density at radius 2 is 1.77 bits per heavy atom. The van der Waals surface area contributed by atoms with Gasteiger partial charge in [-0.3, -0.25) is 14.3 Å². The van der Waals surface area contributed by atoms with Crippen molar-refractivity contribution in [1.29, 1.82) is 0 Å². The van der Waals surface area contributed by atoms with Crippen LogP contribution in [0.25, 0.3) is 0 Å². The molecular formula is C26H36ClN5O3. The zero-order valence-electron chi connectivity index (χ0n) is 20.6. The van der Waals surface area contributed by atoms with Gasteiger partial charge in [-0.15, -0.1) is 0 Å². The number of ether oxygens (including phenoxy) is 1. The molecule has 0 aliphatic carbocycles. The lowest BCUT2D eigenvalue weighted by molar-refractivity contribution is -0.139. The Hall–Kier alpha value is -2.58. The molecule has 0 saturated carbocycles. The van der Waals surface area contributed by atoms with Crippen LogP contribution in [0, 0.1) is 5.41 Å². The average molecular weight is 502 g/mol. The van der Waals surface area contributed by atoms with Gasteiger partial charge < -0.3 is 19.4 Å². The summed E-state index contributed by atoms with van der Waals surface area (Å²) >= 11 is 6.13. The quantitative estimate of drug-likeness (QED) is 0.528. The number of aromatic nitrogens is 2. The van der Waals surface area contributed by atoms with E-state index in [4.69, 9.17) is 16.3 Å². The van der Waals surface area contributed by atoms with Gasteiger partial charge in [-0.2, -0.15) is 5.10 Å². The smallest absolute Gasteiger partial charge is 0.223 e. The predicted molar refractivity (Wildman–Crippen MR) is 135 cm³/mol. The van der Waals surface area contributed by atoms with Gasteiger partial charge in [0.15, 0.2) is 0 Å². The molecule has 2 amide bonds. The standard InChI is InChI=1S/C26H36ClN5O3/c1-29-15-17-31(18-16-29)25(34)20-26(21-35-23-6-2-5-22(27)19-23)8-13-30(14-9-26)24(33)7-3-11-32-12-4-10-28-32/h2,4-6,10,12,19H,3,7-9,11,13-18,20-21H2,1H3. The Morgan fingerprint density at radius 3 is 2.46 bits per heavy atom. The van der Waals surface area contributed by atoms with Gasteiger partial charge in [0.05, 0.1) is 6.61 Å². The summed E-state index contributed by atoms with van der Waals surface area (Å²) in [5, 5.41) is 4.82. The van der Waals surface area contributed by atoms with Crippen LogP contribution in [0.1, 0.15) is 32.1 Å². The van der Waals surface area contributed by atoms with Gasteiger partial charge in [0, 0.05) is 81.5 Å². The molecule has 0 radical (unpaired) electrons. The van der Waals surface area contributed by atoms with Crippen molar-refractivity contribution in [1.82, 2.24) is 24.5 Å². The normalized spacial score (nSPS) is 18.5. The zero-order chi connectivity index (χ0) is 24.7. The van der Waals surface area contributed by atoms with Crippen molar-refractivity contribution >= 4 is 23.4 Å². The minimum atomic E-state index is -0.297. The number of carbonyl (C=O) groups is 2. The van der Waals surface area contributed by atoms with E-state index < -0.39 is 0 Å². The first-order valence-corrected chi connectivity index (χ1v) is 12.9. The Morgan fingerprint density at radius 1 is 1.03 bits per heavy atom. The Bertz CT molecular complexity index is 967. The first kappa shape index (κ1) is 25.5. The van der Waals surface area contributed by atoms with E-state index in [-0.39, 0.29) is 17.2 Å². The molecule has 2 aromatic rings. The van der Waals surface area contributed by atoms with Crippen LogP contribution in [0.3, 0.4) is 0 Å². The van der Waals surface area contributed by atoms with E-state index in [2.05, 4.69) is 17.0 Å². The number of piperazine rings is 1. The number of halogens is 1.